The van der Waals surface area contributed by atoms with Crippen LogP contribution in [0, 0.1) is 5.41 Å². The van der Waals surface area contributed by atoms with Gasteiger partial charge in [0.15, 0.2) is 0 Å². The highest BCUT2D eigenvalue weighted by molar-refractivity contribution is 5.86. The zero-order chi connectivity index (χ0) is 33.9. The molecule has 0 fully saturated rings. The summed E-state index contributed by atoms with van der Waals surface area (Å²) in [4.78, 5) is 43.0. The summed E-state index contributed by atoms with van der Waals surface area (Å²) in [7, 11) is 1.23. The van der Waals surface area contributed by atoms with Crippen molar-refractivity contribution >= 4 is 18.1 Å². The molecular weight excluding hydrogens is 586 g/mol. The second kappa shape index (κ2) is 16.2. The molecule has 0 radical (unpaired) electrons. The van der Waals surface area contributed by atoms with Gasteiger partial charge in [-0.1, -0.05) is 81.4 Å². The van der Waals surface area contributed by atoms with Crippen molar-refractivity contribution in [3.8, 4) is 11.3 Å². The normalized spacial score (nSPS) is 13.7. The molecule has 0 spiro atoms. The van der Waals surface area contributed by atoms with E-state index in [-0.39, 0.29) is 13.1 Å². The number of hydrazine groups is 1. The molecule has 248 valence electrons. The number of aliphatic hydroxyl groups excluding tert-OH is 1. The molecule has 0 aliphatic heterocycles. The molecule has 3 atom stereocenters. The van der Waals surface area contributed by atoms with Gasteiger partial charge in [-0.15, -0.1) is 0 Å². The van der Waals surface area contributed by atoms with Crippen LogP contribution in [0.4, 0.5) is 9.59 Å². The topological polar surface area (TPSA) is 142 Å². The fourth-order valence-electron chi connectivity index (χ4n) is 4.72. The number of aliphatic hydroxyl groups is 1. The summed E-state index contributed by atoms with van der Waals surface area (Å²) in [6.45, 7) is 10.9. The predicted molar refractivity (Wildman–Crippen MR) is 176 cm³/mol. The quantitative estimate of drug-likeness (QED) is 0.208. The average Bonchev–Trinajstić information content (AvgIpc) is 2.99. The molecule has 3 amide bonds. The van der Waals surface area contributed by atoms with Gasteiger partial charge in [-0.3, -0.25) is 15.2 Å². The lowest BCUT2D eigenvalue weighted by Gasteiger charge is -2.34. The van der Waals surface area contributed by atoms with Crippen LogP contribution in [-0.4, -0.2) is 70.6 Å². The third-order valence-corrected chi connectivity index (χ3v) is 7.00. The number of carbonyl (C=O) groups is 3. The number of carbonyl (C=O) groups excluding carboxylic acids is 3. The predicted octanol–water partition coefficient (Wildman–Crippen LogP) is 4.85. The summed E-state index contributed by atoms with van der Waals surface area (Å²) in [6, 6.07) is 21.2. The molecule has 0 unspecified atom stereocenters. The zero-order valence-corrected chi connectivity index (χ0v) is 27.7. The van der Waals surface area contributed by atoms with E-state index in [1.807, 2.05) is 93.6 Å². The minimum atomic E-state index is -1.14. The SMILES string of the molecule is COC(=O)N[C@@H](C(=O)NN(Cc1ccc(-c2ccccn2)cc1)C[C@H](O)[C@H](Cc1ccccc1)NC(=O)OC(C)(C)C)C(C)(C)C. The number of hydrogen-bond acceptors (Lipinski definition) is 8. The summed E-state index contributed by atoms with van der Waals surface area (Å²) in [5, 5.41) is 18.6. The van der Waals surface area contributed by atoms with Crippen molar-refractivity contribution in [3.05, 3.63) is 90.1 Å². The lowest BCUT2D eigenvalue weighted by Crippen LogP contribution is -2.59. The van der Waals surface area contributed by atoms with E-state index in [1.165, 1.54) is 7.11 Å². The van der Waals surface area contributed by atoms with Crippen LogP contribution in [0.5, 0.6) is 0 Å². The zero-order valence-electron chi connectivity index (χ0n) is 27.7. The Bertz CT molecular complexity index is 1410. The standard InChI is InChI=1S/C35H47N5O6/c1-34(2,3)30(38-32(43)45-7)31(42)39-40(22-25-16-18-26(19-17-25)27-15-11-12-20-36-27)23-29(41)28(21-24-13-9-8-10-14-24)37-33(44)46-35(4,5)6/h8-20,28-30,41H,21-23H2,1-7H3,(H,37,44)(H,38,43)(H,39,42)/t28-,29-,30-/m0/s1. The van der Waals surface area contributed by atoms with Crippen LogP contribution in [0.3, 0.4) is 0 Å². The van der Waals surface area contributed by atoms with Crippen molar-refractivity contribution in [1.29, 1.82) is 0 Å². The molecular formula is C35H47N5O6. The monoisotopic (exact) mass is 633 g/mol. The van der Waals surface area contributed by atoms with Gasteiger partial charge in [0, 0.05) is 24.8 Å². The first-order valence-corrected chi connectivity index (χ1v) is 15.3. The number of amides is 3. The molecule has 0 aliphatic rings. The Morgan fingerprint density at radius 2 is 1.50 bits per heavy atom. The van der Waals surface area contributed by atoms with Gasteiger partial charge in [-0.25, -0.2) is 14.6 Å². The second-order valence-electron chi connectivity index (χ2n) is 13.2. The Kier molecular flexibility index (Phi) is 12.7. The van der Waals surface area contributed by atoms with Crippen LogP contribution in [0.2, 0.25) is 0 Å². The Hall–Kier alpha value is -4.48. The maximum Gasteiger partial charge on any atom is 0.407 e. The molecule has 11 nitrogen and oxygen atoms in total. The molecule has 0 bridgehead atoms. The highest BCUT2D eigenvalue weighted by atomic mass is 16.6. The highest BCUT2D eigenvalue weighted by Crippen LogP contribution is 2.21. The maximum atomic E-state index is 13.7. The van der Waals surface area contributed by atoms with Crippen molar-refractivity contribution in [1.82, 2.24) is 26.1 Å². The first-order valence-electron chi connectivity index (χ1n) is 15.3. The first-order chi connectivity index (χ1) is 21.6. The van der Waals surface area contributed by atoms with Gasteiger partial charge in [-0.2, -0.15) is 0 Å². The van der Waals surface area contributed by atoms with Crippen molar-refractivity contribution in [2.75, 3.05) is 13.7 Å². The first kappa shape index (κ1) is 36.0. The largest absolute Gasteiger partial charge is 0.453 e. The van der Waals surface area contributed by atoms with Crippen molar-refractivity contribution < 1.29 is 29.0 Å². The lowest BCUT2D eigenvalue weighted by molar-refractivity contribution is -0.131. The summed E-state index contributed by atoms with van der Waals surface area (Å²) in [5.74, 6) is -0.491. The molecule has 0 aliphatic carbocycles. The number of pyridine rings is 1. The van der Waals surface area contributed by atoms with Gasteiger partial charge in [0.25, 0.3) is 5.91 Å². The number of alkyl carbamates (subject to hydrolysis) is 2. The van der Waals surface area contributed by atoms with Crippen LogP contribution in [0.25, 0.3) is 11.3 Å². The maximum absolute atomic E-state index is 13.7. The molecule has 1 aromatic heterocycles. The van der Waals surface area contributed by atoms with E-state index in [1.54, 1.807) is 32.0 Å². The van der Waals surface area contributed by atoms with Crippen molar-refractivity contribution in [2.45, 2.75) is 78.3 Å². The molecule has 0 saturated heterocycles. The fourth-order valence-corrected chi connectivity index (χ4v) is 4.72. The van der Waals surface area contributed by atoms with Crippen molar-refractivity contribution in [3.63, 3.8) is 0 Å². The Morgan fingerprint density at radius 1 is 0.848 bits per heavy atom. The summed E-state index contributed by atoms with van der Waals surface area (Å²) in [6.07, 6.45) is -0.495. The molecule has 3 aromatic rings. The van der Waals surface area contributed by atoms with Crippen molar-refractivity contribution in [2.24, 2.45) is 5.41 Å². The van der Waals surface area contributed by atoms with E-state index in [2.05, 4.69) is 21.0 Å². The molecule has 4 N–H and O–H groups in total. The number of nitrogens with zero attached hydrogens (tertiary/aromatic N) is 2. The number of rotatable bonds is 12. The molecule has 46 heavy (non-hydrogen) atoms. The third-order valence-electron chi connectivity index (χ3n) is 7.00. The van der Waals surface area contributed by atoms with Crippen LogP contribution >= 0.6 is 0 Å². The molecule has 2 aromatic carbocycles. The van der Waals surface area contributed by atoms with Gasteiger partial charge < -0.3 is 25.2 Å². The number of ether oxygens (including phenoxy) is 2. The number of aromatic nitrogens is 1. The van der Waals surface area contributed by atoms with E-state index < -0.39 is 47.3 Å². The van der Waals surface area contributed by atoms with E-state index in [9.17, 15) is 19.5 Å². The molecule has 11 heteroatoms. The number of benzene rings is 2. The Labute approximate surface area is 271 Å². The number of nitrogens with one attached hydrogen (secondary N) is 3. The molecule has 1 heterocycles. The summed E-state index contributed by atoms with van der Waals surface area (Å²) >= 11 is 0. The van der Waals surface area contributed by atoms with E-state index in [4.69, 9.17) is 9.47 Å². The van der Waals surface area contributed by atoms with Crippen LogP contribution in [0.1, 0.15) is 52.7 Å². The Balaban J connectivity index is 1.89. The van der Waals surface area contributed by atoms with Crippen LogP contribution < -0.4 is 16.1 Å². The molecule has 0 saturated carbocycles. The molecule has 3 rings (SSSR count). The smallest absolute Gasteiger partial charge is 0.407 e. The van der Waals surface area contributed by atoms with Gasteiger partial charge >= 0.3 is 12.2 Å². The fraction of sp³-hybridized carbons (Fsp3) is 0.429. The van der Waals surface area contributed by atoms with E-state index in [0.29, 0.717) is 6.42 Å². The second-order valence-corrected chi connectivity index (χ2v) is 13.2. The lowest BCUT2D eigenvalue weighted by atomic mass is 9.86. The van der Waals surface area contributed by atoms with Gasteiger partial charge in [0.2, 0.25) is 0 Å². The number of hydrogen-bond donors (Lipinski definition) is 4. The average molecular weight is 634 g/mol. The third kappa shape index (κ3) is 11.8. The van der Waals surface area contributed by atoms with Crippen LogP contribution in [0.15, 0.2) is 79.0 Å². The van der Waals surface area contributed by atoms with Crippen LogP contribution in [-0.2, 0) is 27.2 Å². The van der Waals surface area contributed by atoms with Gasteiger partial charge in [-0.05, 0) is 55.9 Å². The van der Waals surface area contributed by atoms with Gasteiger partial charge in [0.1, 0.15) is 11.6 Å². The summed E-state index contributed by atoms with van der Waals surface area (Å²) in [5.41, 5.74) is 5.00. The van der Waals surface area contributed by atoms with E-state index in [0.717, 1.165) is 22.4 Å². The Morgan fingerprint density at radius 3 is 2.07 bits per heavy atom. The number of methoxy groups -OCH3 is 1. The minimum absolute atomic E-state index is 0.0594. The minimum Gasteiger partial charge on any atom is -0.453 e. The highest BCUT2D eigenvalue weighted by Gasteiger charge is 2.35. The summed E-state index contributed by atoms with van der Waals surface area (Å²) < 4.78 is 10.2. The van der Waals surface area contributed by atoms with Gasteiger partial charge in [0.05, 0.1) is 24.9 Å². The van der Waals surface area contributed by atoms with E-state index >= 15 is 0 Å².